The molecular formula is C10H18O4. The Morgan fingerprint density at radius 3 is 2.43 bits per heavy atom. The molecule has 0 spiro atoms. The SMILES string of the molecule is OC1CCCC2C(O)COCC2C1O. The molecule has 2 rings (SSSR count). The summed E-state index contributed by atoms with van der Waals surface area (Å²) in [6, 6.07) is 0. The molecule has 0 aromatic rings. The summed E-state index contributed by atoms with van der Waals surface area (Å²) in [7, 11) is 0. The van der Waals surface area contributed by atoms with E-state index in [1.54, 1.807) is 0 Å². The topological polar surface area (TPSA) is 69.9 Å². The molecule has 3 N–H and O–H groups in total. The van der Waals surface area contributed by atoms with Gasteiger partial charge >= 0.3 is 0 Å². The molecule has 0 amide bonds. The average Bonchev–Trinajstić information content (AvgIpc) is 2.31. The summed E-state index contributed by atoms with van der Waals surface area (Å²) in [6.07, 6.45) is 0.505. The van der Waals surface area contributed by atoms with Crippen molar-refractivity contribution in [3.63, 3.8) is 0 Å². The number of aliphatic hydroxyl groups is 3. The summed E-state index contributed by atoms with van der Waals surface area (Å²) in [6.45, 7) is 0.823. The maximum absolute atomic E-state index is 9.83. The van der Waals surface area contributed by atoms with Crippen molar-refractivity contribution in [3.05, 3.63) is 0 Å². The standard InChI is InChI=1S/C10H18O4/c11-8-3-1-2-6-7(10(8)13)4-14-5-9(6)12/h6-13H,1-5H2. The Kier molecular flexibility index (Phi) is 3.07. The van der Waals surface area contributed by atoms with Crippen LogP contribution in [0.2, 0.25) is 0 Å². The van der Waals surface area contributed by atoms with Gasteiger partial charge in [-0.2, -0.15) is 0 Å². The van der Waals surface area contributed by atoms with Crippen LogP contribution in [0.3, 0.4) is 0 Å². The Labute approximate surface area is 83.5 Å². The molecule has 1 saturated carbocycles. The fourth-order valence-electron chi connectivity index (χ4n) is 2.63. The van der Waals surface area contributed by atoms with Crippen molar-refractivity contribution in [2.75, 3.05) is 13.2 Å². The molecule has 1 aliphatic heterocycles. The van der Waals surface area contributed by atoms with Gasteiger partial charge in [-0.1, -0.05) is 6.42 Å². The van der Waals surface area contributed by atoms with Gasteiger partial charge < -0.3 is 20.1 Å². The molecule has 5 unspecified atom stereocenters. The summed E-state index contributed by atoms with van der Waals surface area (Å²) in [5, 5.41) is 29.1. The van der Waals surface area contributed by atoms with E-state index < -0.39 is 18.3 Å². The van der Waals surface area contributed by atoms with Gasteiger partial charge in [-0.3, -0.25) is 0 Å². The first kappa shape index (κ1) is 10.4. The highest BCUT2D eigenvalue weighted by atomic mass is 16.5. The van der Waals surface area contributed by atoms with Gasteiger partial charge in [0.1, 0.15) is 0 Å². The Morgan fingerprint density at radius 1 is 0.857 bits per heavy atom. The van der Waals surface area contributed by atoms with Crippen molar-refractivity contribution in [1.29, 1.82) is 0 Å². The highest BCUT2D eigenvalue weighted by Gasteiger charge is 2.41. The fraction of sp³-hybridized carbons (Fsp3) is 1.00. The molecule has 1 saturated heterocycles. The molecule has 0 radical (unpaired) electrons. The molecule has 1 aliphatic carbocycles. The van der Waals surface area contributed by atoms with Gasteiger partial charge in [-0.05, 0) is 18.8 Å². The molecule has 5 atom stereocenters. The second kappa shape index (κ2) is 4.14. The van der Waals surface area contributed by atoms with Crippen LogP contribution in [0.25, 0.3) is 0 Å². The van der Waals surface area contributed by atoms with Crippen molar-refractivity contribution < 1.29 is 20.1 Å². The minimum Gasteiger partial charge on any atom is -0.390 e. The van der Waals surface area contributed by atoms with Gasteiger partial charge in [0.15, 0.2) is 0 Å². The van der Waals surface area contributed by atoms with E-state index in [0.717, 1.165) is 12.8 Å². The maximum atomic E-state index is 9.83. The third-order valence-corrected chi connectivity index (χ3v) is 3.51. The van der Waals surface area contributed by atoms with Crippen molar-refractivity contribution in [2.45, 2.75) is 37.6 Å². The second-order valence-electron chi connectivity index (χ2n) is 4.42. The third-order valence-electron chi connectivity index (χ3n) is 3.51. The van der Waals surface area contributed by atoms with E-state index in [4.69, 9.17) is 4.74 Å². The van der Waals surface area contributed by atoms with Crippen LogP contribution in [0.5, 0.6) is 0 Å². The lowest BCUT2D eigenvalue weighted by atomic mass is 9.81. The van der Waals surface area contributed by atoms with Crippen molar-refractivity contribution in [3.8, 4) is 0 Å². The maximum Gasteiger partial charge on any atom is 0.0852 e. The van der Waals surface area contributed by atoms with E-state index in [0.29, 0.717) is 19.6 Å². The van der Waals surface area contributed by atoms with Crippen LogP contribution >= 0.6 is 0 Å². The molecular weight excluding hydrogens is 184 g/mol. The van der Waals surface area contributed by atoms with Gasteiger partial charge in [-0.25, -0.2) is 0 Å². The number of hydrogen-bond acceptors (Lipinski definition) is 4. The van der Waals surface area contributed by atoms with Crippen LogP contribution in [0.1, 0.15) is 19.3 Å². The summed E-state index contributed by atoms with van der Waals surface area (Å²) in [4.78, 5) is 0. The quantitative estimate of drug-likeness (QED) is 0.496. The van der Waals surface area contributed by atoms with Crippen LogP contribution in [0, 0.1) is 11.8 Å². The molecule has 4 heteroatoms. The first-order valence-corrected chi connectivity index (χ1v) is 5.32. The lowest BCUT2D eigenvalue weighted by Crippen LogP contribution is -2.46. The molecule has 2 fully saturated rings. The zero-order valence-electron chi connectivity index (χ0n) is 8.17. The summed E-state index contributed by atoms with van der Waals surface area (Å²) in [5.41, 5.74) is 0. The van der Waals surface area contributed by atoms with Gasteiger partial charge in [0, 0.05) is 5.92 Å². The Balaban J connectivity index is 2.12. The predicted molar refractivity (Wildman–Crippen MR) is 49.7 cm³/mol. The zero-order chi connectivity index (χ0) is 10.1. The van der Waals surface area contributed by atoms with Crippen LogP contribution in [-0.2, 0) is 4.74 Å². The molecule has 14 heavy (non-hydrogen) atoms. The first-order chi connectivity index (χ1) is 6.70. The second-order valence-corrected chi connectivity index (χ2v) is 4.42. The van der Waals surface area contributed by atoms with Crippen LogP contribution in [-0.4, -0.2) is 46.8 Å². The smallest absolute Gasteiger partial charge is 0.0852 e. The Bertz CT molecular complexity index is 197. The van der Waals surface area contributed by atoms with E-state index in [2.05, 4.69) is 0 Å². The minimum absolute atomic E-state index is 0.0934. The summed E-state index contributed by atoms with van der Waals surface area (Å²) >= 11 is 0. The van der Waals surface area contributed by atoms with Crippen molar-refractivity contribution in [1.82, 2.24) is 0 Å². The average molecular weight is 202 g/mol. The number of fused-ring (bicyclic) bond motifs is 1. The number of aliphatic hydroxyl groups excluding tert-OH is 3. The normalized spacial score (nSPS) is 49.5. The van der Waals surface area contributed by atoms with Gasteiger partial charge in [0.05, 0.1) is 31.5 Å². The molecule has 0 bridgehead atoms. The van der Waals surface area contributed by atoms with Gasteiger partial charge in [0.25, 0.3) is 0 Å². The largest absolute Gasteiger partial charge is 0.390 e. The molecule has 4 nitrogen and oxygen atoms in total. The van der Waals surface area contributed by atoms with Crippen LogP contribution in [0.15, 0.2) is 0 Å². The first-order valence-electron chi connectivity index (χ1n) is 5.32. The predicted octanol–water partition coefficient (Wildman–Crippen LogP) is -0.484. The molecule has 2 aliphatic rings. The van der Waals surface area contributed by atoms with E-state index in [-0.39, 0.29) is 11.8 Å². The highest BCUT2D eigenvalue weighted by Crippen LogP contribution is 2.34. The highest BCUT2D eigenvalue weighted by molar-refractivity contribution is 4.90. The van der Waals surface area contributed by atoms with E-state index >= 15 is 0 Å². The Hall–Kier alpha value is -0.160. The van der Waals surface area contributed by atoms with Crippen LogP contribution in [0.4, 0.5) is 0 Å². The number of hydrogen-bond donors (Lipinski definition) is 3. The number of ether oxygens (including phenoxy) is 1. The molecule has 0 aromatic carbocycles. The van der Waals surface area contributed by atoms with E-state index in [1.165, 1.54) is 0 Å². The summed E-state index contributed by atoms with van der Waals surface area (Å²) in [5.74, 6) is -0.00727. The molecule has 1 heterocycles. The van der Waals surface area contributed by atoms with E-state index in [9.17, 15) is 15.3 Å². The van der Waals surface area contributed by atoms with Gasteiger partial charge in [0.2, 0.25) is 0 Å². The molecule has 82 valence electrons. The van der Waals surface area contributed by atoms with E-state index in [1.807, 2.05) is 0 Å². The minimum atomic E-state index is -0.738. The fourth-order valence-corrected chi connectivity index (χ4v) is 2.63. The lowest BCUT2D eigenvalue weighted by molar-refractivity contribution is -0.127. The van der Waals surface area contributed by atoms with Crippen molar-refractivity contribution in [2.24, 2.45) is 11.8 Å². The van der Waals surface area contributed by atoms with Gasteiger partial charge in [-0.15, -0.1) is 0 Å². The Morgan fingerprint density at radius 2 is 1.64 bits per heavy atom. The summed E-state index contributed by atoms with van der Waals surface area (Å²) < 4.78 is 5.20. The van der Waals surface area contributed by atoms with Crippen LogP contribution < -0.4 is 0 Å². The lowest BCUT2D eigenvalue weighted by Gasteiger charge is -2.37. The molecule has 0 aromatic heterocycles. The monoisotopic (exact) mass is 202 g/mol. The van der Waals surface area contributed by atoms with Crippen molar-refractivity contribution >= 4 is 0 Å². The zero-order valence-corrected chi connectivity index (χ0v) is 8.17. The number of rotatable bonds is 0. The third kappa shape index (κ3) is 1.80.